The molecule has 0 aliphatic heterocycles. The second-order valence-corrected chi connectivity index (χ2v) is 14.9. The normalized spacial score (nSPS) is 12.2. The van der Waals surface area contributed by atoms with E-state index in [1.807, 2.05) is 0 Å². The number of unbranched alkanes of at least 4 members (excludes halogenated alkanes) is 18. The van der Waals surface area contributed by atoms with E-state index >= 15 is 0 Å². The molecule has 288 valence electrons. The third kappa shape index (κ3) is 25.8. The van der Waals surface area contributed by atoms with Crippen molar-refractivity contribution in [1.29, 1.82) is 0 Å². The summed E-state index contributed by atoms with van der Waals surface area (Å²) in [6, 6.07) is 13.6. The number of nitrogens with zero attached hydrogens (tertiary/aromatic N) is 2. The predicted octanol–water partition coefficient (Wildman–Crippen LogP) is 15.1. The Hall–Kier alpha value is -3.13. The van der Waals surface area contributed by atoms with Crippen molar-refractivity contribution >= 4 is 17.8 Å². The standard InChI is InChI=1S/C50H79N2/c1-4-6-8-10-12-14-16-18-20-22-24-26-28-30-32-34-44-52(50-40-38-48(39-41-50)36-37-49-42-46-51(3)47-43-49)45-35-33-31-29-27-25-23-21-19-17-15-13-11-9-7-5-2/h12-15,18-21,36-43,46-47H,4-11,16-17,22-35,44-45H2,1-3H3/q+1/b14-12+,15-13+,20-18+,21-19+. The van der Waals surface area contributed by atoms with Gasteiger partial charge in [-0.15, -0.1) is 0 Å². The molecule has 1 heterocycles. The molecule has 2 rings (SSSR count). The van der Waals surface area contributed by atoms with E-state index in [2.05, 4.69) is 140 Å². The van der Waals surface area contributed by atoms with Gasteiger partial charge < -0.3 is 4.90 Å². The van der Waals surface area contributed by atoms with E-state index in [1.54, 1.807) is 0 Å². The molecule has 0 N–H and O–H groups in total. The number of hydrogen-bond acceptors (Lipinski definition) is 1. The molecule has 0 unspecified atom stereocenters. The number of aryl methyl sites for hydroxylation is 1. The molecule has 0 spiro atoms. The van der Waals surface area contributed by atoms with Crippen molar-refractivity contribution in [3.05, 3.63) is 109 Å². The molecule has 0 fully saturated rings. The minimum Gasteiger partial charge on any atom is -0.372 e. The summed E-state index contributed by atoms with van der Waals surface area (Å²) in [5.74, 6) is 0. The molecular weight excluding hydrogens is 629 g/mol. The van der Waals surface area contributed by atoms with Crippen LogP contribution in [0.3, 0.4) is 0 Å². The predicted molar refractivity (Wildman–Crippen MR) is 234 cm³/mol. The van der Waals surface area contributed by atoms with Crippen LogP contribution in [0.1, 0.15) is 179 Å². The zero-order chi connectivity index (χ0) is 37.0. The number of pyridine rings is 1. The quantitative estimate of drug-likeness (QED) is 0.0407. The molecular formula is C50H79N2+. The zero-order valence-corrected chi connectivity index (χ0v) is 34.2. The van der Waals surface area contributed by atoms with E-state index in [1.165, 1.54) is 171 Å². The average molecular weight is 708 g/mol. The highest BCUT2D eigenvalue weighted by Gasteiger charge is 2.07. The van der Waals surface area contributed by atoms with Gasteiger partial charge in [0.1, 0.15) is 7.05 Å². The lowest BCUT2D eigenvalue weighted by molar-refractivity contribution is -0.671. The molecule has 1 aromatic heterocycles. The van der Waals surface area contributed by atoms with Crippen LogP contribution in [0.5, 0.6) is 0 Å². The molecule has 2 heteroatoms. The van der Waals surface area contributed by atoms with Crippen molar-refractivity contribution < 1.29 is 4.57 Å². The van der Waals surface area contributed by atoms with Crippen LogP contribution in [0.2, 0.25) is 0 Å². The van der Waals surface area contributed by atoms with Gasteiger partial charge in [0, 0.05) is 30.9 Å². The van der Waals surface area contributed by atoms with Crippen LogP contribution in [0.4, 0.5) is 5.69 Å². The van der Waals surface area contributed by atoms with Gasteiger partial charge in [0.2, 0.25) is 0 Å². The Morgan fingerprint density at radius 3 is 1.21 bits per heavy atom. The van der Waals surface area contributed by atoms with E-state index in [4.69, 9.17) is 0 Å². The van der Waals surface area contributed by atoms with Gasteiger partial charge >= 0.3 is 0 Å². The Morgan fingerprint density at radius 1 is 0.423 bits per heavy atom. The SMILES string of the molecule is CCCCC/C=C/C/C=C/CCCCCCCCN(CCCCCCCC/C=C/C/C=C/CCCCC)c1ccc(/C=C/c2cc[n+](C)cc2)cc1. The fourth-order valence-corrected chi connectivity index (χ4v) is 6.56. The van der Waals surface area contributed by atoms with Crippen molar-refractivity contribution in [3.8, 4) is 0 Å². The first kappa shape index (κ1) is 45.0. The summed E-state index contributed by atoms with van der Waals surface area (Å²) < 4.78 is 2.07. The Morgan fingerprint density at radius 2 is 0.788 bits per heavy atom. The number of rotatable bonds is 33. The van der Waals surface area contributed by atoms with Crippen LogP contribution in [0.25, 0.3) is 12.2 Å². The summed E-state index contributed by atoms with van der Waals surface area (Å²) in [4.78, 5) is 2.66. The second-order valence-electron chi connectivity index (χ2n) is 14.9. The van der Waals surface area contributed by atoms with Crippen LogP contribution >= 0.6 is 0 Å². The van der Waals surface area contributed by atoms with Crippen LogP contribution in [0, 0.1) is 0 Å². The summed E-state index contributed by atoms with van der Waals surface area (Å²) in [5.41, 5.74) is 3.88. The topological polar surface area (TPSA) is 7.12 Å². The lowest BCUT2D eigenvalue weighted by Crippen LogP contribution is -2.25. The van der Waals surface area contributed by atoms with Crippen LogP contribution in [0.15, 0.2) is 97.4 Å². The van der Waals surface area contributed by atoms with Gasteiger partial charge in [0.25, 0.3) is 0 Å². The third-order valence-electron chi connectivity index (χ3n) is 9.99. The fourth-order valence-electron chi connectivity index (χ4n) is 6.56. The Labute approximate surface area is 322 Å². The maximum Gasteiger partial charge on any atom is 0.169 e. The van der Waals surface area contributed by atoms with Crippen molar-refractivity contribution in [2.75, 3.05) is 18.0 Å². The van der Waals surface area contributed by atoms with Crippen molar-refractivity contribution in [1.82, 2.24) is 0 Å². The number of aromatic nitrogens is 1. The van der Waals surface area contributed by atoms with Gasteiger partial charge in [-0.1, -0.05) is 164 Å². The third-order valence-corrected chi connectivity index (χ3v) is 9.99. The van der Waals surface area contributed by atoms with Gasteiger partial charge in [0.15, 0.2) is 12.4 Å². The fraction of sp³-hybridized carbons (Fsp3) is 0.580. The van der Waals surface area contributed by atoms with Gasteiger partial charge in [-0.05, 0) is 100 Å². The first-order chi connectivity index (χ1) is 25.7. The molecule has 0 aliphatic carbocycles. The first-order valence-corrected chi connectivity index (χ1v) is 21.8. The van der Waals surface area contributed by atoms with Crippen LogP contribution in [-0.4, -0.2) is 13.1 Å². The van der Waals surface area contributed by atoms with E-state index in [9.17, 15) is 0 Å². The molecule has 0 bridgehead atoms. The minimum absolute atomic E-state index is 1.10. The number of allylic oxidation sites excluding steroid dienone is 8. The highest BCUT2D eigenvalue weighted by molar-refractivity contribution is 5.70. The van der Waals surface area contributed by atoms with E-state index < -0.39 is 0 Å². The first-order valence-electron chi connectivity index (χ1n) is 21.8. The monoisotopic (exact) mass is 708 g/mol. The summed E-state index contributed by atoms with van der Waals surface area (Å²) in [6.07, 6.45) is 58.8. The molecule has 0 aliphatic rings. The molecule has 0 radical (unpaired) electrons. The maximum atomic E-state index is 2.66. The van der Waals surface area contributed by atoms with Crippen LogP contribution in [-0.2, 0) is 7.05 Å². The lowest BCUT2D eigenvalue weighted by atomic mass is 10.1. The van der Waals surface area contributed by atoms with Gasteiger partial charge in [-0.25, -0.2) is 4.57 Å². The molecule has 2 nitrogen and oxygen atoms in total. The minimum atomic E-state index is 1.10. The maximum absolute atomic E-state index is 2.66. The van der Waals surface area contributed by atoms with E-state index in [0.29, 0.717) is 0 Å². The van der Waals surface area contributed by atoms with Crippen molar-refractivity contribution in [2.24, 2.45) is 7.05 Å². The molecule has 0 saturated carbocycles. The smallest absolute Gasteiger partial charge is 0.169 e. The van der Waals surface area contributed by atoms with E-state index in [-0.39, 0.29) is 0 Å². The van der Waals surface area contributed by atoms with Gasteiger partial charge in [-0.3, -0.25) is 0 Å². The average Bonchev–Trinajstić information content (AvgIpc) is 3.16. The largest absolute Gasteiger partial charge is 0.372 e. The summed E-state index contributed by atoms with van der Waals surface area (Å²) in [7, 11) is 2.06. The highest BCUT2D eigenvalue weighted by atomic mass is 15.1. The van der Waals surface area contributed by atoms with Gasteiger partial charge in [0.05, 0.1) is 0 Å². The Kier molecular flexibility index (Phi) is 29.2. The van der Waals surface area contributed by atoms with E-state index in [0.717, 1.165) is 12.8 Å². The van der Waals surface area contributed by atoms with Gasteiger partial charge in [-0.2, -0.15) is 0 Å². The second kappa shape index (κ2) is 33.7. The summed E-state index contributed by atoms with van der Waals surface area (Å²) in [5, 5.41) is 0. The highest BCUT2D eigenvalue weighted by Crippen LogP contribution is 2.20. The molecule has 0 atom stereocenters. The lowest BCUT2D eigenvalue weighted by Gasteiger charge is -2.25. The molecule has 0 saturated heterocycles. The van der Waals surface area contributed by atoms with Crippen LogP contribution < -0.4 is 9.47 Å². The summed E-state index contributed by atoms with van der Waals surface area (Å²) in [6.45, 7) is 6.89. The number of anilines is 1. The molecule has 0 amide bonds. The van der Waals surface area contributed by atoms with Crippen molar-refractivity contribution in [3.63, 3.8) is 0 Å². The summed E-state index contributed by atoms with van der Waals surface area (Å²) >= 11 is 0. The number of benzene rings is 1. The molecule has 1 aromatic carbocycles. The number of hydrogen-bond donors (Lipinski definition) is 0. The molecule has 2 aromatic rings. The Bertz CT molecular complexity index is 1170. The Balaban J connectivity index is 1.67. The van der Waals surface area contributed by atoms with Crippen molar-refractivity contribution in [2.45, 2.75) is 168 Å². The molecule has 52 heavy (non-hydrogen) atoms. The zero-order valence-electron chi connectivity index (χ0n) is 34.2.